The van der Waals surface area contributed by atoms with Crippen LogP contribution in [0.15, 0.2) is 54.7 Å². The van der Waals surface area contributed by atoms with Crippen LogP contribution in [0.1, 0.15) is 12.5 Å². The minimum Gasteiger partial charge on any atom is -0.459 e. The maximum absolute atomic E-state index is 12.0. The Labute approximate surface area is 167 Å². The van der Waals surface area contributed by atoms with E-state index in [1.165, 1.54) is 7.11 Å². The highest BCUT2D eigenvalue weighted by Gasteiger charge is 2.18. The van der Waals surface area contributed by atoms with Gasteiger partial charge in [-0.25, -0.2) is 9.59 Å². The number of methoxy groups -OCH3 is 1. The molecule has 2 aromatic carbocycles. The number of anilines is 1. The molecule has 0 fully saturated rings. The molecule has 1 amide bonds. The minimum atomic E-state index is -0.942. The number of nitrogens with zero attached hydrogens (tertiary/aromatic N) is 1. The predicted molar refractivity (Wildman–Crippen MR) is 106 cm³/mol. The standard InChI is InChI=1S/C21H20N2O6/c1-3-28-20(25)19(24)22-16-10-6-4-8-14(16)12-23-13-18(29-21(26)27-2)15-9-5-7-11-17(15)23/h4-11,13H,3,12H2,1-2H3,(H,22,24). The smallest absolute Gasteiger partial charge is 0.459 e. The van der Waals surface area contributed by atoms with Gasteiger partial charge in [-0.1, -0.05) is 30.3 Å². The van der Waals surface area contributed by atoms with Gasteiger partial charge in [0.2, 0.25) is 0 Å². The van der Waals surface area contributed by atoms with Crippen LogP contribution < -0.4 is 10.1 Å². The van der Waals surface area contributed by atoms with Crippen molar-refractivity contribution in [2.75, 3.05) is 19.0 Å². The van der Waals surface area contributed by atoms with Crippen LogP contribution >= 0.6 is 0 Å². The maximum Gasteiger partial charge on any atom is 0.513 e. The van der Waals surface area contributed by atoms with E-state index in [0.29, 0.717) is 18.0 Å². The summed E-state index contributed by atoms with van der Waals surface area (Å²) in [6, 6.07) is 14.5. The van der Waals surface area contributed by atoms with Crippen molar-refractivity contribution in [3.8, 4) is 5.75 Å². The second kappa shape index (κ2) is 8.92. The third-order valence-corrected chi connectivity index (χ3v) is 4.18. The summed E-state index contributed by atoms with van der Waals surface area (Å²) in [4.78, 5) is 35.2. The molecular weight excluding hydrogens is 376 g/mol. The highest BCUT2D eigenvalue weighted by atomic mass is 16.7. The summed E-state index contributed by atoms with van der Waals surface area (Å²) in [5.74, 6) is -1.42. The summed E-state index contributed by atoms with van der Waals surface area (Å²) in [6.45, 7) is 2.11. The first-order valence-electron chi connectivity index (χ1n) is 8.93. The predicted octanol–water partition coefficient (Wildman–Crippen LogP) is 3.34. The molecule has 8 heteroatoms. The molecule has 0 spiro atoms. The van der Waals surface area contributed by atoms with Gasteiger partial charge in [-0.15, -0.1) is 0 Å². The molecule has 0 aliphatic rings. The summed E-state index contributed by atoms with van der Waals surface area (Å²) >= 11 is 0. The van der Waals surface area contributed by atoms with Gasteiger partial charge in [0.25, 0.3) is 0 Å². The van der Waals surface area contributed by atoms with Gasteiger partial charge in [-0.3, -0.25) is 4.79 Å². The normalized spacial score (nSPS) is 10.4. The number of nitrogens with one attached hydrogen (secondary N) is 1. The minimum absolute atomic E-state index is 0.117. The second-order valence-electron chi connectivity index (χ2n) is 6.03. The third kappa shape index (κ3) is 4.55. The Morgan fingerprint density at radius 1 is 1.03 bits per heavy atom. The van der Waals surface area contributed by atoms with E-state index in [4.69, 9.17) is 9.47 Å². The summed E-state index contributed by atoms with van der Waals surface area (Å²) < 4.78 is 16.4. The van der Waals surface area contributed by atoms with Crippen LogP contribution in [-0.4, -0.2) is 36.3 Å². The van der Waals surface area contributed by atoms with Crippen molar-refractivity contribution in [3.05, 3.63) is 60.3 Å². The molecule has 0 aliphatic heterocycles. The topological polar surface area (TPSA) is 95.9 Å². The van der Waals surface area contributed by atoms with E-state index in [9.17, 15) is 14.4 Å². The van der Waals surface area contributed by atoms with Crippen LogP contribution in [0.25, 0.3) is 10.9 Å². The zero-order chi connectivity index (χ0) is 20.8. The molecule has 0 radical (unpaired) electrons. The molecule has 0 aliphatic carbocycles. The molecule has 0 unspecified atom stereocenters. The summed E-state index contributed by atoms with van der Waals surface area (Å²) in [5.41, 5.74) is 2.08. The van der Waals surface area contributed by atoms with Crippen molar-refractivity contribution >= 4 is 34.6 Å². The number of ether oxygens (including phenoxy) is 3. The fourth-order valence-electron chi connectivity index (χ4n) is 2.89. The van der Waals surface area contributed by atoms with Crippen molar-refractivity contribution in [2.45, 2.75) is 13.5 Å². The van der Waals surface area contributed by atoms with E-state index in [2.05, 4.69) is 10.1 Å². The average Bonchev–Trinajstić information content (AvgIpc) is 3.07. The van der Waals surface area contributed by atoms with Gasteiger partial charge in [-0.2, -0.15) is 0 Å². The number of fused-ring (bicyclic) bond motifs is 1. The number of hydrogen-bond donors (Lipinski definition) is 1. The number of carbonyl (C=O) groups is 3. The Morgan fingerprint density at radius 3 is 2.52 bits per heavy atom. The van der Waals surface area contributed by atoms with Crippen LogP contribution in [0.2, 0.25) is 0 Å². The van der Waals surface area contributed by atoms with Crippen LogP contribution in [-0.2, 0) is 25.6 Å². The van der Waals surface area contributed by atoms with Gasteiger partial charge in [-0.05, 0) is 30.7 Å². The quantitative estimate of drug-likeness (QED) is 0.525. The Hall–Kier alpha value is -3.81. The number of hydrogen-bond acceptors (Lipinski definition) is 6. The van der Waals surface area contributed by atoms with Gasteiger partial charge in [0.15, 0.2) is 5.75 Å². The molecule has 1 N–H and O–H groups in total. The number of para-hydroxylation sites is 2. The Bertz CT molecular complexity index is 1060. The van der Waals surface area contributed by atoms with Crippen LogP contribution in [0.4, 0.5) is 10.5 Å². The van der Waals surface area contributed by atoms with Gasteiger partial charge >= 0.3 is 18.0 Å². The zero-order valence-corrected chi connectivity index (χ0v) is 16.0. The summed E-state index contributed by atoms with van der Waals surface area (Å²) in [5, 5.41) is 3.32. The fraction of sp³-hybridized carbons (Fsp3) is 0.190. The van der Waals surface area contributed by atoms with E-state index >= 15 is 0 Å². The van der Waals surface area contributed by atoms with E-state index < -0.39 is 18.0 Å². The fourth-order valence-corrected chi connectivity index (χ4v) is 2.89. The van der Waals surface area contributed by atoms with Gasteiger partial charge in [0.1, 0.15) is 0 Å². The number of esters is 1. The highest BCUT2D eigenvalue weighted by molar-refractivity contribution is 6.37. The number of carbonyl (C=O) groups excluding carboxylic acids is 3. The Morgan fingerprint density at radius 2 is 1.76 bits per heavy atom. The van der Waals surface area contributed by atoms with Crippen LogP contribution in [0.3, 0.4) is 0 Å². The summed E-state index contributed by atoms with van der Waals surface area (Å²) in [6.07, 6.45) is 0.876. The molecule has 29 heavy (non-hydrogen) atoms. The molecule has 3 aromatic rings. The maximum atomic E-state index is 12.0. The lowest BCUT2D eigenvalue weighted by molar-refractivity contribution is -0.152. The first-order chi connectivity index (χ1) is 14.0. The average molecular weight is 396 g/mol. The first kappa shape index (κ1) is 19.9. The number of amides is 1. The molecule has 0 saturated heterocycles. The number of aromatic nitrogens is 1. The van der Waals surface area contributed by atoms with Crippen molar-refractivity contribution in [1.29, 1.82) is 0 Å². The van der Waals surface area contributed by atoms with Crippen molar-refractivity contribution in [3.63, 3.8) is 0 Å². The molecule has 0 atom stereocenters. The SMILES string of the molecule is CCOC(=O)C(=O)Nc1ccccc1Cn1cc(OC(=O)OC)c2ccccc21. The number of rotatable bonds is 5. The van der Waals surface area contributed by atoms with Crippen LogP contribution in [0.5, 0.6) is 5.75 Å². The molecule has 8 nitrogen and oxygen atoms in total. The third-order valence-electron chi connectivity index (χ3n) is 4.18. The molecular formula is C21H20N2O6. The van der Waals surface area contributed by atoms with Crippen molar-refractivity contribution in [2.24, 2.45) is 0 Å². The van der Waals surface area contributed by atoms with E-state index in [0.717, 1.165) is 16.5 Å². The lowest BCUT2D eigenvalue weighted by Crippen LogP contribution is -2.25. The van der Waals surface area contributed by atoms with Crippen molar-refractivity contribution < 1.29 is 28.6 Å². The van der Waals surface area contributed by atoms with Gasteiger partial charge < -0.3 is 24.1 Å². The lowest BCUT2D eigenvalue weighted by atomic mass is 10.1. The Kier molecular flexibility index (Phi) is 6.13. The molecule has 1 aromatic heterocycles. The van der Waals surface area contributed by atoms with Crippen molar-refractivity contribution in [1.82, 2.24) is 4.57 Å². The van der Waals surface area contributed by atoms with E-state index in [-0.39, 0.29) is 6.61 Å². The van der Waals surface area contributed by atoms with E-state index in [1.807, 2.05) is 41.0 Å². The molecule has 0 bridgehead atoms. The molecule has 150 valence electrons. The lowest BCUT2D eigenvalue weighted by Gasteiger charge is -2.12. The van der Waals surface area contributed by atoms with Gasteiger partial charge in [0.05, 0.1) is 19.2 Å². The molecule has 0 saturated carbocycles. The van der Waals surface area contributed by atoms with Gasteiger partial charge in [0, 0.05) is 23.8 Å². The Balaban J connectivity index is 1.91. The number of benzene rings is 2. The monoisotopic (exact) mass is 396 g/mol. The largest absolute Gasteiger partial charge is 0.513 e. The second-order valence-corrected chi connectivity index (χ2v) is 6.03. The summed E-state index contributed by atoms with van der Waals surface area (Å²) in [7, 11) is 1.24. The highest BCUT2D eigenvalue weighted by Crippen LogP contribution is 2.30. The van der Waals surface area contributed by atoms with E-state index in [1.54, 1.807) is 25.3 Å². The molecule has 1 heterocycles. The van der Waals surface area contributed by atoms with Crippen LogP contribution in [0, 0.1) is 0 Å². The first-order valence-corrected chi connectivity index (χ1v) is 8.93. The zero-order valence-electron chi connectivity index (χ0n) is 16.0. The molecule has 3 rings (SSSR count).